The second-order valence-corrected chi connectivity index (χ2v) is 9.23. The number of fused-ring (bicyclic) bond motifs is 1. The third kappa shape index (κ3) is 6.61. The number of hydrogen-bond acceptors (Lipinski definition) is 6. The molecule has 1 fully saturated rings. The molecular formula is C25H35N5O6. The molecule has 196 valence electrons. The molecule has 3 amide bonds. The van der Waals surface area contributed by atoms with E-state index < -0.39 is 42.5 Å². The summed E-state index contributed by atoms with van der Waals surface area (Å²) in [5.41, 5.74) is 1.60. The van der Waals surface area contributed by atoms with Crippen molar-refractivity contribution in [3.8, 4) is 0 Å². The van der Waals surface area contributed by atoms with Crippen molar-refractivity contribution in [2.75, 3.05) is 13.2 Å². The number of nitrogens with one attached hydrogen (secondary N) is 5. The highest BCUT2D eigenvalue weighted by Crippen LogP contribution is 2.20. The van der Waals surface area contributed by atoms with Gasteiger partial charge < -0.3 is 36.5 Å². The fourth-order valence-corrected chi connectivity index (χ4v) is 4.31. The van der Waals surface area contributed by atoms with Gasteiger partial charge >= 0.3 is 5.97 Å². The maximum absolute atomic E-state index is 13.4. The van der Waals surface area contributed by atoms with Gasteiger partial charge in [0, 0.05) is 23.5 Å². The molecule has 0 saturated carbocycles. The monoisotopic (exact) mass is 501 g/mol. The predicted molar refractivity (Wildman–Crippen MR) is 133 cm³/mol. The summed E-state index contributed by atoms with van der Waals surface area (Å²) in [4.78, 5) is 53.7. The minimum Gasteiger partial charge on any atom is -0.480 e. The first-order chi connectivity index (χ1) is 17.2. The molecule has 3 rings (SSSR count). The van der Waals surface area contributed by atoms with Crippen LogP contribution in [0.5, 0.6) is 0 Å². The van der Waals surface area contributed by atoms with E-state index in [1.165, 1.54) is 0 Å². The van der Waals surface area contributed by atoms with E-state index >= 15 is 0 Å². The zero-order chi connectivity index (χ0) is 26.2. The lowest BCUT2D eigenvalue weighted by Gasteiger charge is -2.28. The van der Waals surface area contributed by atoms with Crippen molar-refractivity contribution in [2.24, 2.45) is 5.92 Å². The zero-order valence-electron chi connectivity index (χ0n) is 20.5. The van der Waals surface area contributed by atoms with Crippen molar-refractivity contribution < 1.29 is 29.4 Å². The molecule has 0 bridgehead atoms. The minimum atomic E-state index is -1.52. The number of para-hydroxylation sites is 1. The number of benzene rings is 1. The van der Waals surface area contributed by atoms with Crippen molar-refractivity contribution in [1.82, 2.24) is 26.3 Å². The molecule has 5 atom stereocenters. The Morgan fingerprint density at radius 1 is 1.08 bits per heavy atom. The summed E-state index contributed by atoms with van der Waals surface area (Å²) in [6, 6.07) is 3.58. The topological polar surface area (TPSA) is 173 Å². The quantitative estimate of drug-likeness (QED) is 0.215. The number of aromatic nitrogens is 1. The standard InChI is InChI=1S/C25H35N5O6/c1-3-14(2)21(30-22(32)18-9-6-10-26-18)24(34)28-19(23(33)29-20(13-31)25(35)36)11-15-12-27-17-8-5-4-7-16(15)17/h4-5,7-8,12,14,18-21,26-27,31H,3,6,9-11,13H2,1-2H3,(H,28,34)(H,29,33)(H,30,32)(H,35,36). The van der Waals surface area contributed by atoms with Gasteiger partial charge in [0.2, 0.25) is 17.7 Å². The van der Waals surface area contributed by atoms with Crippen LogP contribution in [0.2, 0.25) is 0 Å². The van der Waals surface area contributed by atoms with Crippen molar-refractivity contribution >= 4 is 34.6 Å². The van der Waals surface area contributed by atoms with E-state index in [9.17, 15) is 29.4 Å². The van der Waals surface area contributed by atoms with Gasteiger partial charge in [0.1, 0.15) is 18.1 Å². The number of carboxylic acid groups (broad SMARTS) is 1. The first-order valence-electron chi connectivity index (χ1n) is 12.3. The molecular weight excluding hydrogens is 466 g/mol. The van der Waals surface area contributed by atoms with Gasteiger partial charge in [-0.25, -0.2) is 4.79 Å². The van der Waals surface area contributed by atoms with Crippen LogP contribution in [0.4, 0.5) is 0 Å². The third-order valence-corrected chi connectivity index (χ3v) is 6.70. The largest absolute Gasteiger partial charge is 0.480 e. The van der Waals surface area contributed by atoms with Crippen molar-refractivity contribution in [3.63, 3.8) is 0 Å². The normalized spacial score (nSPS) is 18.7. The lowest BCUT2D eigenvalue weighted by molar-refractivity contribution is -0.143. The molecule has 1 aliphatic rings. The number of carbonyl (C=O) groups excluding carboxylic acids is 3. The Morgan fingerprint density at radius 2 is 1.81 bits per heavy atom. The van der Waals surface area contributed by atoms with Crippen molar-refractivity contribution in [2.45, 2.75) is 63.7 Å². The number of carboxylic acids is 1. The molecule has 0 radical (unpaired) electrons. The average molecular weight is 502 g/mol. The van der Waals surface area contributed by atoms with E-state index in [1.807, 2.05) is 38.1 Å². The number of carbonyl (C=O) groups is 4. The Morgan fingerprint density at radius 3 is 2.44 bits per heavy atom. The summed E-state index contributed by atoms with van der Waals surface area (Å²) in [6.45, 7) is 3.68. The van der Waals surface area contributed by atoms with Crippen LogP contribution in [-0.2, 0) is 25.6 Å². The zero-order valence-corrected chi connectivity index (χ0v) is 20.5. The van der Waals surface area contributed by atoms with Gasteiger partial charge in [-0.3, -0.25) is 14.4 Å². The van der Waals surface area contributed by atoms with Crippen LogP contribution in [0.1, 0.15) is 38.7 Å². The number of aliphatic carboxylic acids is 1. The molecule has 11 nitrogen and oxygen atoms in total. The fourth-order valence-electron chi connectivity index (χ4n) is 4.31. The summed E-state index contributed by atoms with van der Waals surface area (Å²) >= 11 is 0. The average Bonchev–Trinajstić information content (AvgIpc) is 3.55. The van der Waals surface area contributed by atoms with Crippen LogP contribution in [0.3, 0.4) is 0 Å². The Balaban J connectivity index is 1.83. The van der Waals surface area contributed by atoms with Gasteiger partial charge in [0.15, 0.2) is 0 Å². The molecule has 1 aromatic heterocycles. The SMILES string of the molecule is CCC(C)C(NC(=O)C1CCCN1)C(=O)NC(Cc1c[nH]c2ccccc12)C(=O)NC(CO)C(=O)O. The third-order valence-electron chi connectivity index (χ3n) is 6.70. The molecule has 7 N–H and O–H groups in total. The van der Waals surface area contributed by atoms with E-state index in [0.717, 1.165) is 29.4 Å². The first-order valence-corrected chi connectivity index (χ1v) is 12.3. The van der Waals surface area contributed by atoms with Crippen LogP contribution in [0.25, 0.3) is 10.9 Å². The summed E-state index contributed by atoms with van der Waals surface area (Å²) < 4.78 is 0. The van der Waals surface area contributed by atoms with Crippen LogP contribution >= 0.6 is 0 Å². The molecule has 2 heterocycles. The summed E-state index contributed by atoms with van der Waals surface area (Å²) in [5, 5.41) is 30.4. The summed E-state index contributed by atoms with van der Waals surface area (Å²) in [6.07, 6.45) is 3.98. The van der Waals surface area contributed by atoms with Gasteiger partial charge in [-0.1, -0.05) is 38.5 Å². The van der Waals surface area contributed by atoms with E-state index in [2.05, 4.69) is 26.3 Å². The van der Waals surface area contributed by atoms with Crippen LogP contribution < -0.4 is 21.3 Å². The van der Waals surface area contributed by atoms with Gasteiger partial charge in [0.25, 0.3) is 0 Å². The van der Waals surface area contributed by atoms with Crippen LogP contribution in [0.15, 0.2) is 30.5 Å². The molecule has 36 heavy (non-hydrogen) atoms. The molecule has 1 saturated heterocycles. The maximum atomic E-state index is 13.4. The molecule has 0 spiro atoms. The van der Waals surface area contributed by atoms with Crippen molar-refractivity contribution in [3.05, 3.63) is 36.0 Å². The molecule has 2 aromatic rings. The molecule has 1 aliphatic heterocycles. The van der Waals surface area contributed by atoms with E-state index in [1.54, 1.807) is 6.20 Å². The van der Waals surface area contributed by atoms with Gasteiger partial charge in [-0.15, -0.1) is 0 Å². The highest BCUT2D eigenvalue weighted by Gasteiger charge is 2.33. The minimum absolute atomic E-state index is 0.0741. The van der Waals surface area contributed by atoms with Crippen molar-refractivity contribution in [1.29, 1.82) is 0 Å². The summed E-state index contributed by atoms with van der Waals surface area (Å²) in [7, 11) is 0. The second-order valence-electron chi connectivity index (χ2n) is 9.23. The highest BCUT2D eigenvalue weighted by molar-refractivity contribution is 5.95. The predicted octanol–water partition coefficient (Wildman–Crippen LogP) is 0.0398. The lowest BCUT2D eigenvalue weighted by atomic mass is 9.96. The molecule has 1 aromatic carbocycles. The van der Waals surface area contributed by atoms with Gasteiger partial charge in [-0.05, 0) is 36.9 Å². The van der Waals surface area contributed by atoms with Gasteiger partial charge in [0.05, 0.1) is 12.6 Å². The van der Waals surface area contributed by atoms with E-state index in [0.29, 0.717) is 12.8 Å². The first kappa shape index (κ1) is 27.2. The fraction of sp³-hybridized carbons (Fsp3) is 0.520. The molecule has 0 aliphatic carbocycles. The second kappa shape index (κ2) is 12.5. The number of amides is 3. The number of hydrogen-bond donors (Lipinski definition) is 7. The smallest absolute Gasteiger partial charge is 0.328 e. The Bertz CT molecular complexity index is 1080. The number of H-pyrrole nitrogens is 1. The number of rotatable bonds is 12. The number of aliphatic hydroxyl groups is 1. The number of aromatic amines is 1. The maximum Gasteiger partial charge on any atom is 0.328 e. The van der Waals surface area contributed by atoms with E-state index in [4.69, 9.17) is 0 Å². The lowest BCUT2D eigenvalue weighted by Crippen LogP contribution is -2.59. The highest BCUT2D eigenvalue weighted by atomic mass is 16.4. The number of aliphatic hydroxyl groups excluding tert-OH is 1. The summed E-state index contributed by atoms with van der Waals surface area (Å²) in [5.74, 6) is -3.15. The Hall–Kier alpha value is -3.44. The molecule has 11 heteroatoms. The van der Waals surface area contributed by atoms with Crippen LogP contribution in [0, 0.1) is 5.92 Å². The van der Waals surface area contributed by atoms with Gasteiger partial charge in [-0.2, -0.15) is 0 Å². The Kier molecular flexibility index (Phi) is 9.43. The van der Waals surface area contributed by atoms with Crippen LogP contribution in [-0.4, -0.2) is 76.2 Å². The van der Waals surface area contributed by atoms with E-state index in [-0.39, 0.29) is 24.3 Å². The molecule has 5 unspecified atom stereocenters. The Labute approximate surface area is 209 Å².